The number of benzene rings is 1. The van der Waals surface area contributed by atoms with Crippen LogP contribution >= 0.6 is 0 Å². The van der Waals surface area contributed by atoms with E-state index in [1.165, 1.54) is 29.1 Å². The minimum Gasteiger partial charge on any atom is -0.487 e. The summed E-state index contributed by atoms with van der Waals surface area (Å²) in [7, 11) is 1.57. The fourth-order valence-electron chi connectivity index (χ4n) is 2.84. The number of amides is 2. The smallest absolute Gasteiger partial charge is 0.321 e. The highest BCUT2D eigenvalue weighted by atomic mass is 19.1. The molecular formula is C17H19FN4O3. The molecule has 1 aromatic carbocycles. The number of ether oxygens (including phenoxy) is 1. The third-order valence-corrected chi connectivity index (χ3v) is 3.99. The molecule has 2 N–H and O–H groups in total. The molecule has 2 amide bonds. The first-order chi connectivity index (χ1) is 11.7. The molecule has 0 aliphatic carbocycles. The number of carbonyl (C=O) groups is 1. The first kappa shape index (κ1) is 16.9. The Morgan fingerprint density at radius 2 is 2.20 bits per heavy atom. The van der Waals surface area contributed by atoms with E-state index in [9.17, 15) is 14.0 Å². The standard InChI is InChI=1S/C17H19FN4O3/c1-17(2)9-12(11-5-4-10(18)8-13(11)25-17)20-16(24)21-14-15(23)22(3)7-6-19-14/h4-8,12H,9H2,1-3H3,(H2,19,20,21,24)/t12-/m1/s1. The van der Waals surface area contributed by atoms with E-state index in [0.717, 1.165) is 0 Å². The van der Waals surface area contributed by atoms with Gasteiger partial charge in [-0.25, -0.2) is 14.2 Å². The maximum absolute atomic E-state index is 13.5. The van der Waals surface area contributed by atoms with Gasteiger partial charge in [0.2, 0.25) is 5.82 Å². The van der Waals surface area contributed by atoms with Crippen LogP contribution < -0.4 is 20.9 Å². The van der Waals surface area contributed by atoms with Gasteiger partial charge in [-0.05, 0) is 19.9 Å². The third kappa shape index (κ3) is 3.62. The Hall–Kier alpha value is -2.90. The van der Waals surface area contributed by atoms with Crippen LogP contribution in [0.2, 0.25) is 0 Å². The molecule has 2 heterocycles. The Balaban J connectivity index is 1.81. The lowest BCUT2D eigenvalue weighted by atomic mass is 9.90. The zero-order chi connectivity index (χ0) is 18.2. The average Bonchev–Trinajstić information content (AvgIpc) is 2.50. The number of anilines is 1. The van der Waals surface area contributed by atoms with Crippen LogP contribution in [0.15, 0.2) is 35.4 Å². The molecule has 2 aromatic rings. The van der Waals surface area contributed by atoms with Gasteiger partial charge in [0.25, 0.3) is 5.56 Å². The van der Waals surface area contributed by atoms with Crippen LogP contribution in [0, 0.1) is 5.82 Å². The van der Waals surface area contributed by atoms with E-state index in [-0.39, 0.29) is 11.9 Å². The van der Waals surface area contributed by atoms with Gasteiger partial charge in [0.1, 0.15) is 17.2 Å². The Bertz CT molecular complexity index is 878. The number of nitrogens with one attached hydrogen (secondary N) is 2. The average molecular weight is 346 g/mol. The molecule has 0 bridgehead atoms. The molecular weight excluding hydrogens is 327 g/mol. The van der Waals surface area contributed by atoms with E-state index in [1.54, 1.807) is 13.1 Å². The van der Waals surface area contributed by atoms with Gasteiger partial charge in [0.05, 0.1) is 6.04 Å². The van der Waals surface area contributed by atoms with Crippen molar-refractivity contribution in [1.82, 2.24) is 14.9 Å². The van der Waals surface area contributed by atoms with E-state index in [2.05, 4.69) is 15.6 Å². The number of fused-ring (bicyclic) bond motifs is 1. The molecule has 1 aliphatic rings. The number of carbonyl (C=O) groups excluding carboxylic acids is 1. The van der Waals surface area contributed by atoms with Crippen molar-refractivity contribution in [2.45, 2.75) is 31.9 Å². The molecule has 7 nitrogen and oxygen atoms in total. The summed E-state index contributed by atoms with van der Waals surface area (Å²) >= 11 is 0. The van der Waals surface area contributed by atoms with Crippen LogP contribution in [0.4, 0.5) is 15.0 Å². The van der Waals surface area contributed by atoms with Crippen molar-refractivity contribution >= 4 is 11.8 Å². The van der Waals surface area contributed by atoms with E-state index in [1.807, 2.05) is 13.8 Å². The minimum absolute atomic E-state index is 0.0619. The first-order valence-electron chi connectivity index (χ1n) is 7.83. The van der Waals surface area contributed by atoms with Gasteiger partial charge in [-0.15, -0.1) is 0 Å². The Labute approximate surface area is 143 Å². The molecule has 1 aliphatic heterocycles. The first-order valence-corrected chi connectivity index (χ1v) is 7.83. The second-order valence-corrected chi connectivity index (χ2v) is 6.59. The highest BCUT2D eigenvalue weighted by molar-refractivity contribution is 5.88. The number of hydrogen-bond donors (Lipinski definition) is 2. The maximum Gasteiger partial charge on any atom is 0.321 e. The molecule has 0 spiro atoms. The summed E-state index contributed by atoms with van der Waals surface area (Å²) in [5.41, 5.74) is -0.294. The molecule has 25 heavy (non-hydrogen) atoms. The van der Waals surface area contributed by atoms with Crippen LogP contribution in [-0.4, -0.2) is 21.2 Å². The van der Waals surface area contributed by atoms with Crippen molar-refractivity contribution < 1.29 is 13.9 Å². The topological polar surface area (TPSA) is 85.2 Å². The van der Waals surface area contributed by atoms with E-state index >= 15 is 0 Å². The lowest BCUT2D eigenvalue weighted by Crippen LogP contribution is -2.43. The normalized spacial score (nSPS) is 18.0. The summed E-state index contributed by atoms with van der Waals surface area (Å²) in [4.78, 5) is 28.1. The van der Waals surface area contributed by atoms with Crippen molar-refractivity contribution in [1.29, 1.82) is 0 Å². The van der Waals surface area contributed by atoms with Gasteiger partial charge >= 0.3 is 6.03 Å². The van der Waals surface area contributed by atoms with Crippen molar-refractivity contribution in [2.24, 2.45) is 7.05 Å². The summed E-state index contributed by atoms with van der Waals surface area (Å²) in [6, 6.07) is 3.27. The predicted molar refractivity (Wildman–Crippen MR) is 90.1 cm³/mol. The van der Waals surface area contributed by atoms with Crippen LogP contribution in [0.3, 0.4) is 0 Å². The fourth-order valence-corrected chi connectivity index (χ4v) is 2.84. The molecule has 0 saturated heterocycles. The highest BCUT2D eigenvalue weighted by Crippen LogP contribution is 2.39. The zero-order valence-electron chi connectivity index (χ0n) is 14.2. The summed E-state index contributed by atoms with van der Waals surface area (Å²) in [5.74, 6) is -0.0694. The van der Waals surface area contributed by atoms with Crippen molar-refractivity contribution in [3.63, 3.8) is 0 Å². The van der Waals surface area contributed by atoms with Crippen LogP contribution in [0.25, 0.3) is 0 Å². The maximum atomic E-state index is 13.5. The molecule has 0 radical (unpaired) electrons. The Morgan fingerprint density at radius 3 is 2.96 bits per heavy atom. The zero-order valence-corrected chi connectivity index (χ0v) is 14.2. The number of hydrogen-bond acceptors (Lipinski definition) is 4. The molecule has 3 rings (SSSR count). The summed E-state index contributed by atoms with van der Waals surface area (Å²) < 4.78 is 20.6. The van der Waals surface area contributed by atoms with Crippen LogP contribution in [0.5, 0.6) is 5.75 Å². The lowest BCUT2D eigenvalue weighted by molar-refractivity contribution is 0.0678. The largest absolute Gasteiger partial charge is 0.487 e. The number of aryl methyl sites for hydroxylation is 1. The molecule has 132 valence electrons. The number of rotatable bonds is 2. The molecule has 8 heteroatoms. The SMILES string of the molecule is Cn1ccnc(NC(=O)N[C@@H]2CC(C)(C)Oc3cc(F)ccc32)c1=O. The minimum atomic E-state index is -0.570. The molecule has 1 aromatic heterocycles. The second kappa shape index (κ2) is 6.19. The van der Waals surface area contributed by atoms with Crippen molar-refractivity contribution in [2.75, 3.05) is 5.32 Å². The molecule has 0 unspecified atom stereocenters. The second-order valence-electron chi connectivity index (χ2n) is 6.59. The van der Waals surface area contributed by atoms with Gasteiger partial charge in [-0.1, -0.05) is 6.07 Å². The van der Waals surface area contributed by atoms with E-state index in [0.29, 0.717) is 17.7 Å². The van der Waals surface area contributed by atoms with Gasteiger partial charge in [0, 0.05) is 37.5 Å². The van der Waals surface area contributed by atoms with Crippen molar-refractivity contribution in [3.8, 4) is 5.75 Å². The van der Waals surface area contributed by atoms with Gasteiger partial charge < -0.3 is 14.6 Å². The highest BCUT2D eigenvalue weighted by Gasteiger charge is 2.34. The fraction of sp³-hybridized carbons (Fsp3) is 0.353. The van der Waals surface area contributed by atoms with Crippen LogP contribution in [-0.2, 0) is 7.05 Å². The number of halogens is 1. The molecule has 0 fully saturated rings. The Morgan fingerprint density at radius 1 is 1.44 bits per heavy atom. The van der Waals surface area contributed by atoms with Crippen LogP contribution in [0.1, 0.15) is 31.9 Å². The van der Waals surface area contributed by atoms with Crippen molar-refractivity contribution in [3.05, 3.63) is 52.3 Å². The molecule has 0 saturated carbocycles. The monoisotopic (exact) mass is 346 g/mol. The van der Waals surface area contributed by atoms with E-state index in [4.69, 9.17) is 4.74 Å². The van der Waals surface area contributed by atoms with E-state index < -0.39 is 23.0 Å². The number of nitrogens with zero attached hydrogens (tertiary/aromatic N) is 2. The van der Waals surface area contributed by atoms with Gasteiger partial charge in [-0.3, -0.25) is 10.1 Å². The Kier molecular flexibility index (Phi) is 4.20. The van der Waals surface area contributed by atoms with Gasteiger partial charge in [-0.2, -0.15) is 0 Å². The lowest BCUT2D eigenvalue weighted by Gasteiger charge is -2.37. The summed E-state index contributed by atoms with van der Waals surface area (Å²) in [6.07, 6.45) is 3.42. The molecule has 1 atom stereocenters. The number of urea groups is 1. The predicted octanol–water partition coefficient (Wildman–Crippen LogP) is 2.34. The quantitative estimate of drug-likeness (QED) is 0.874. The third-order valence-electron chi connectivity index (χ3n) is 3.99. The van der Waals surface area contributed by atoms with Gasteiger partial charge in [0.15, 0.2) is 0 Å². The summed E-state index contributed by atoms with van der Waals surface area (Å²) in [5, 5.41) is 5.26. The number of aromatic nitrogens is 2. The summed E-state index contributed by atoms with van der Waals surface area (Å²) in [6.45, 7) is 3.73.